The molecule has 0 radical (unpaired) electrons. The minimum atomic E-state index is -4.31. The molecule has 31 heavy (non-hydrogen) atoms. The normalized spacial score (nSPS) is 12.6. The second kappa shape index (κ2) is 9.76. The Bertz CT molecular complexity index is 1210. The van der Waals surface area contributed by atoms with E-state index in [0.717, 1.165) is 5.56 Å². The van der Waals surface area contributed by atoms with Crippen molar-refractivity contribution in [3.8, 4) is 5.88 Å². The fourth-order valence-corrected chi connectivity index (χ4v) is 4.99. The lowest BCUT2D eigenvalue weighted by Crippen LogP contribution is -2.28. The molecule has 3 aromatic rings. The molecule has 0 aliphatic heterocycles. The van der Waals surface area contributed by atoms with Gasteiger partial charge in [0.25, 0.3) is 5.56 Å². The lowest BCUT2D eigenvalue weighted by molar-refractivity contribution is 0.121. The van der Waals surface area contributed by atoms with E-state index < -0.39 is 32.2 Å². The van der Waals surface area contributed by atoms with Crippen LogP contribution in [0, 0.1) is 0 Å². The minimum absolute atomic E-state index is 0.0404. The molecule has 2 aromatic carbocycles. The number of ether oxygens (including phenoxy) is 1. The minimum Gasteiger partial charge on any atom is -0.493 e. The van der Waals surface area contributed by atoms with E-state index in [-0.39, 0.29) is 17.3 Å². The molecule has 0 aliphatic rings. The molecular weight excluding hydrogens is 484 g/mol. The van der Waals surface area contributed by atoms with Gasteiger partial charge in [0.1, 0.15) is 12.4 Å². The molecule has 0 bridgehead atoms. The number of aromatic nitrogens is 2. The highest BCUT2D eigenvalue weighted by molar-refractivity contribution is 9.10. The molecular formula is C22H23BrN2O5S. The molecule has 0 saturated heterocycles. The van der Waals surface area contributed by atoms with Gasteiger partial charge in [-0.3, -0.25) is 9.36 Å². The van der Waals surface area contributed by atoms with Crippen molar-refractivity contribution >= 4 is 25.8 Å². The Morgan fingerprint density at radius 2 is 1.74 bits per heavy atom. The number of benzene rings is 2. The number of hydrogen-bond donors (Lipinski definition) is 1. The van der Waals surface area contributed by atoms with Crippen molar-refractivity contribution < 1.29 is 18.3 Å². The Labute approximate surface area is 189 Å². The predicted octanol–water partition coefficient (Wildman–Crippen LogP) is 4.08. The van der Waals surface area contributed by atoms with Gasteiger partial charge in [-0.25, -0.2) is 8.42 Å². The van der Waals surface area contributed by atoms with E-state index in [4.69, 9.17) is 4.74 Å². The van der Waals surface area contributed by atoms with E-state index in [1.807, 2.05) is 37.3 Å². The highest BCUT2D eigenvalue weighted by Crippen LogP contribution is 2.33. The SMILES string of the molecule is CCOCc1nc(=O)c(S(=O)(=O)c2ccc(Br)cc2)c(O)n1C(CC)c1ccccc1. The summed E-state index contributed by atoms with van der Waals surface area (Å²) in [5.74, 6) is -0.483. The Morgan fingerprint density at radius 3 is 2.32 bits per heavy atom. The van der Waals surface area contributed by atoms with Gasteiger partial charge in [-0.1, -0.05) is 53.2 Å². The van der Waals surface area contributed by atoms with Crippen molar-refractivity contribution in [2.24, 2.45) is 0 Å². The first kappa shape index (κ1) is 23.2. The molecule has 3 rings (SSSR count). The average Bonchev–Trinajstić information content (AvgIpc) is 2.75. The summed E-state index contributed by atoms with van der Waals surface area (Å²) in [6.07, 6.45) is 0.527. The Morgan fingerprint density at radius 1 is 1.10 bits per heavy atom. The van der Waals surface area contributed by atoms with Crippen molar-refractivity contribution in [3.63, 3.8) is 0 Å². The highest BCUT2D eigenvalue weighted by atomic mass is 79.9. The summed E-state index contributed by atoms with van der Waals surface area (Å²) >= 11 is 3.26. The number of halogens is 1. The van der Waals surface area contributed by atoms with Crippen molar-refractivity contribution in [1.82, 2.24) is 9.55 Å². The molecule has 0 saturated carbocycles. The van der Waals surface area contributed by atoms with Crippen molar-refractivity contribution in [1.29, 1.82) is 0 Å². The summed E-state index contributed by atoms with van der Waals surface area (Å²) in [4.78, 5) is 15.9. The second-order valence-electron chi connectivity index (χ2n) is 6.79. The van der Waals surface area contributed by atoms with Crippen LogP contribution in [0.2, 0.25) is 0 Å². The summed E-state index contributed by atoms with van der Waals surface area (Å²) in [7, 11) is -4.31. The Hall–Kier alpha value is -2.49. The average molecular weight is 507 g/mol. The number of hydrogen-bond acceptors (Lipinski definition) is 6. The monoisotopic (exact) mass is 506 g/mol. The molecule has 1 atom stereocenters. The Kier molecular flexibility index (Phi) is 7.30. The number of rotatable bonds is 8. The molecule has 164 valence electrons. The molecule has 1 unspecified atom stereocenters. The third-order valence-electron chi connectivity index (χ3n) is 4.84. The molecule has 1 aromatic heterocycles. The number of aromatic hydroxyl groups is 1. The van der Waals surface area contributed by atoms with E-state index >= 15 is 0 Å². The Balaban J connectivity index is 2.28. The predicted molar refractivity (Wildman–Crippen MR) is 120 cm³/mol. The number of sulfone groups is 1. The van der Waals surface area contributed by atoms with Gasteiger partial charge in [0, 0.05) is 11.1 Å². The van der Waals surface area contributed by atoms with Gasteiger partial charge in [-0.15, -0.1) is 0 Å². The van der Waals surface area contributed by atoms with Crippen LogP contribution >= 0.6 is 15.9 Å². The molecule has 0 spiro atoms. The molecule has 0 amide bonds. The van der Waals surface area contributed by atoms with Crippen LogP contribution in [0.3, 0.4) is 0 Å². The van der Waals surface area contributed by atoms with Crippen LogP contribution in [0.1, 0.15) is 37.7 Å². The van der Waals surface area contributed by atoms with Gasteiger partial charge in [0.2, 0.25) is 15.7 Å². The van der Waals surface area contributed by atoms with Crippen molar-refractivity contribution in [2.75, 3.05) is 6.61 Å². The summed E-state index contributed by atoms with van der Waals surface area (Å²) in [6, 6.07) is 14.7. The molecule has 0 aliphatic carbocycles. The van der Waals surface area contributed by atoms with Crippen LogP contribution in [0.25, 0.3) is 0 Å². The zero-order chi connectivity index (χ0) is 22.6. The summed E-state index contributed by atoms with van der Waals surface area (Å²) in [5, 5.41) is 11.1. The van der Waals surface area contributed by atoms with Crippen LogP contribution in [-0.2, 0) is 21.2 Å². The summed E-state index contributed by atoms with van der Waals surface area (Å²) in [5.41, 5.74) is -0.176. The van der Waals surface area contributed by atoms with E-state index in [1.165, 1.54) is 16.7 Å². The van der Waals surface area contributed by atoms with E-state index in [0.29, 0.717) is 17.5 Å². The van der Waals surface area contributed by atoms with Gasteiger partial charge in [-0.2, -0.15) is 4.98 Å². The van der Waals surface area contributed by atoms with Gasteiger partial charge in [-0.05, 0) is 43.2 Å². The lowest BCUT2D eigenvalue weighted by atomic mass is 10.0. The summed E-state index contributed by atoms with van der Waals surface area (Å²) in [6.45, 7) is 4.03. The molecule has 1 heterocycles. The first-order chi connectivity index (χ1) is 14.8. The van der Waals surface area contributed by atoms with Gasteiger partial charge < -0.3 is 9.84 Å². The molecule has 9 heteroatoms. The van der Waals surface area contributed by atoms with Crippen LogP contribution in [-0.4, -0.2) is 29.7 Å². The van der Waals surface area contributed by atoms with E-state index in [2.05, 4.69) is 20.9 Å². The van der Waals surface area contributed by atoms with E-state index in [1.54, 1.807) is 19.1 Å². The molecule has 1 N–H and O–H groups in total. The molecule has 7 nitrogen and oxygen atoms in total. The maximum atomic E-state index is 13.3. The van der Waals surface area contributed by atoms with E-state index in [9.17, 15) is 18.3 Å². The number of nitrogens with zero attached hydrogens (tertiary/aromatic N) is 2. The quantitative estimate of drug-likeness (QED) is 0.494. The lowest BCUT2D eigenvalue weighted by Gasteiger charge is -2.25. The maximum Gasteiger partial charge on any atom is 0.296 e. The largest absolute Gasteiger partial charge is 0.493 e. The van der Waals surface area contributed by atoms with Gasteiger partial charge in [0.05, 0.1) is 10.9 Å². The highest BCUT2D eigenvalue weighted by Gasteiger charge is 2.31. The van der Waals surface area contributed by atoms with Crippen LogP contribution in [0.5, 0.6) is 5.88 Å². The molecule has 0 fully saturated rings. The third-order valence-corrected chi connectivity index (χ3v) is 7.16. The second-order valence-corrected chi connectivity index (χ2v) is 9.59. The van der Waals surface area contributed by atoms with Crippen molar-refractivity contribution in [2.45, 2.75) is 42.7 Å². The topological polar surface area (TPSA) is 98.5 Å². The fraction of sp³-hybridized carbons (Fsp3) is 0.273. The maximum absolute atomic E-state index is 13.3. The third kappa shape index (κ3) is 4.73. The van der Waals surface area contributed by atoms with Crippen LogP contribution in [0.4, 0.5) is 0 Å². The van der Waals surface area contributed by atoms with Gasteiger partial charge in [0.15, 0.2) is 4.90 Å². The van der Waals surface area contributed by atoms with Crippen molar-refractivity contribution in [3.05, 3.63) is 80.8 Å². The fourth-order valence-electron chi connectivity index (χ4n) is 3.38. The first-order valence-electron chi connectivity index (χ1n) is 9.79. The van der Waals surface area contributed by atoms with Gasteiger partial charge >= 0.3 is 0 Å². The summed E-state index contributed by atoms with van der Waals surface area (Å²) < 4.78 is 34.0. The zero-order valence-electron chi connectivity index (χ0n) is 17.2. The van der Waals surface area contributed by atoms with Crippen LogP contribution in [0.15, 0.2) is 73.7 Å². The smallest absolute Gasteiger partial charge is 0.296 e. The van der Waals surface area contributed by atoms with Crippen LogP contribution < -0.4 is 5.56 Å². The first-order valence-corrected chi connectivity index (χ1v) is 12.1. The standard InChI is InChI=1S/C22H23BrN2O5S/c1-3-18(15-8-6-5-7-9-15)25-19(14-30-4-2)24-21(26)20(22(25)27)31(28,29)17-12-10-16(23)11-13-17/h5-13,18,27H,3-4,14H2,1-2H3. The zero-order valence-corrected chi connectivity index (χ0v) is 19.6.